The fourth-order valence-electron chi connectivity index (χ4n) is 2.71. The highest BCUT2D eigenvalue weighted by Gasteiger charge is 2.14. The van der Waals surface area contributed by atoms with Gasteiger partial charge in [0.05, 0.1) is 18.1 Å². The maximum absolute atomic E-state index is 12.5. The number of methoxy groups -OCH3 is 1. The SMILES string of the molecule is COc1cc(/C=C(\C#N)c2nc3sc(C)c(C)c3c(=O)[nH]2)ccc1OCC#N. The van der Waals surface area contributed by atoms with Crippen molar-refractivity contribution in [3.05, 3.63) is 50.4 Å². The highest BCUT2D eigenvalue weighted by atomic mass is 32.1. The van der Waals surface area contributed by atoms with Crippen molar-refractivity contribution in [2.24, 2.45) is 0 Å². The summed E-state index contributed by atoms with van der Waals surface area (Å²) in [4.78, 5) is 21.3. The number of thiophene rings is 1. The molecule has 28 heavy (non-hydrogen) atoms. The number of rotatable bonds is 5. The molecule has 140 valence electrons. The molecule has 0 radical (unpaired) electrons. The van der Waals surface area contributed by atoms with Crippen molar-refractivity contribution in [3.8, 4) is 23.6 Å². The van der Waals surface area contributed by atoms with Crippen LogP contribution in [0.15, 0.2) is 23.0 Å². The van der Waals surface area contributed by atoms with Crippen LogP contribution in [0.5, 0.6) is 11.5 Å². The van der Waals surface area contributed by atoms with Crippen molar-refractivity contribution in [2.45, 2.75) is 13.8 Å². The van der Waals surface area contributed by atoms with E-state index < -0.39 is 0 Å². The summed E-state index contributed by atoms with van der Waals surface area (Å²) in [5.41, 5.74) is 1.52. The first-order chi connectivity index (χ1) is 13.5. The summed E-state index contributed by atoms with van der Waals surface area (Å²) in [6, 6.07) is 9.04. The Morgan fingerprint density at radius 3 is 2.79 bits per heavy atom. The summed E-state index contributed by atoms with van der Waals surface area (Å²) in [5.74, 6) is 1.07. The molecule has 0 unspecified atom stereocenters. The highest BCUT2D eigenvalue weighted by Crippen LogP contribution is 2.30. The van der Waals surface area contributed by atoms with Gasteiger partial charge in [0.1, 0.15) is 17.0 Å². The Kier molecular flexibility index (Phi) is 5.44. The molecular weight excluding hydrogens is 376 g/mol. The van der Waals surface area contributed by atoms with Gasteiger partial charge in [-0.3, -0.25) is 4.79 Å². The number of aryl methyl sites for hydroxylation is 2. The van der Waals surface area contributed by atoms with E-state index in [9.17, 15) is 10.1 Å². The highest BCUT2D eigenvalue weighted by molar-refractivity contribution is 7.18. The Hall–Kier alpha value is -3.62. The number of hydrogen-bond donors (Lipinski definition) is 1. The molecule has 1 aromatic carbocycles. The standard InChI is InChI=1S/C20H16N4O3S/c1-11-12(2)28-20-17(11)19(25)23-18(24-20)14(10-22)8-13-4-5-15(27-7-6-21)16(9-13)26-3/h4-5,8-9H,7H2,1-3H3,(H,23,24,25)/b14-8+. The lowest BCUT2D eigenvalue weighted by molar-refractivity contribution is 0.329. The smallest absolute Gasteiger partial charge is 0.260 e. The number of H-pyrrole nitrogens is 1. The monoisotopic (exact) mass is 392 g/mol. The number of fused-ring (bicyclic) bond motifs is 1. The van der Waals surface area contributed by atoms with E-state index in [0.29, 0.717) is 27.3 Å². The van der Waals surface area contributed by atoms with Crippen molar-refractivity contribution in [1.29, 1.82) is 10.5 Å². The van der Waals surface area contributed by atoms with Crippen molar-refractivity contribution in [3.63, 3.8) is 0 Å². The predicted octanol–water partition coefficient (Wildman–Crippen LogP) is 3.58. The minimum Gasteiger partial charge on any atom is -0.493 e. The zero-order chi connectivity index (χ0) is 20.3. The minimum absolute atomic E-state index is 0.0974. The van der Waals surface area contributed by atoms with Crippen LogP contribution < -0.4 is 15.0 Å². The van der Waals surface area contributed by atoms with Crippen molar-refractivity contribution in [1.82, 2.24) is 9.97 Å². The van der Waals surface area contributed by atoms with Crippen LogP contribution in [-0.2, 0) is 0 Å². The van der Waals surface area contributed by atoms with E-state index in [-0.39, 0.29) is 23.6 Å². The van der Waals surface area contributed by atoms with Gasteiger partial charge < -0.3 is 14.5 Å². The molecule has 0 saturated heterocycles. The third-order valence-corrected chi connectivity index (χ3v) is 5.31. The number of allylic oxidation sites excluding steroid dienone is 1. The van der Waals surface area contributed by atoms with Gasteiger partial charge in [0.2, 0.25) is 0 Å². The molecule has 3 rings (SSSR count). The molecule has 0 aliphatic heterocycles. The number of nitrogens with one attached hydrogen (secondary N) is 1. The molecule has 0 aliphatic rings. The third kappa shape index (κ3) is 3.59. The van der Waals surface area contributed by atoms with Gasteiger partial charge in [0, 0.05) is 4.88 Å². The van der Waals surface area contributed by atoms with Crippen molar-refractivity contribution < 1.29 is 9.47 Å². The summed E-state index contributed by atoms with van der Waals surface area (Å²) in [6.45, 7) is 3.72. The van der Waals surface area contributed by atoms with Gasteiger partial charge in [-0.1, -0.05) is 6.07 Å². The second kappa shape index (κ2) is 7.95. The zero-order valence-electron chi connectivity index (χ0n) is 15.5. The molecule has 0 saturated carbocycles. The Morgan fingerprint density at radius 1 is 1.32 bits per heavy atom. The number of aromatic nitrogens is 2. The summed E-state index contributed by atoms with van der Waals surface area (Å²) < 4.78 is 10.6. The molecule has 8 heteroatoms. The molecule has 0 aliphatic carbocycles. The van der Waals surface area contributed by atoms with E-state index >= 15 is 0 Å². The van der Waals surface area contributed by atoms with Crippen LogP contribution in [0.25, 0.3) is 21.9 Å². The maximum Gasteiger partial charge on any atom is 0.260 e. The topological polar surface area (TPSA) is 112 Å². The van der Waals surface area contributed by atoms with E-state index in [1.54, 1.807) is 24.3 Å². The van der Waals surface area contributed by atoms with Crippen molar-refractivity contribution >= 4 is 33.2 Å². The molecule has 0 amide bonds. The predicted molar refractivity (Wildman–Crippen MR) is 107 cm³/mol. The number of nitrogens with zero attached hydrogens (tertiary/aromatic N) is 3. The van der Waals surface area contributed by atoms with Gasteiger partial charge in [0.25, 0.3) is 5.56 Å². The average Bonchev–Trinajstić information content (AvgIpc) is 2.98. The van der Waals surface area contributed by atoms with Gasteiger partial charge in [-0.05, 0) is 43.2 Å². The Morgan fingerprint density at radius 2 is 2.11 bits per heavy atom. The Balaban J connectivity index is 2.06. The number of nitriles is 2. The molecular formula is C20H16N4O3S. The second-order valence-electron chi connectivity index (χ2n) is 5.90. The summed E-state index contributed by atoms with van der Waals surface area (Å²) >= 11 is 1.43. The van der Waals surface area contributed by atoms with Crippen molar-refractivity contribution in [2.75, 3.05) is 13.7 Å². The van der Waals surface area contributed by atoms with Gasteiger partial charge in [0.15, 0.2) is 23.9 Å². The van der Waals surface area contributed by atoms with E-state index in [1.165, 1.54) is 18.4 Å². The quantitative estimate of drug-likeness (QED) is 0.664. The van der Waals surface area contributed by atoms with Crippen LogP contribution in [0.4, 0.5) is 0 Å². The summed E-state index contributed by atoms with van der Waals surface area (Å²) in [5, 5.41) is 18.8. The molecule has 0 atom stereocenters. The Labute approximate surface area is 165 Å². The number of hydrogen-bond acceptors (Lipinski definition) is 7. The average molecular weight is 392 g/mol. The summed E-state index contributed by atoms with van der Waals surface area (Å²) in [6.07, 6.45) is 1.61. The van der Waals surface area contributed by atoms with Crippen LogP contribution in [0.2, 0.25) is 0 Å². The zero-order valence-corrected chi connectivity index (χ0v) is 16.3. The lowest BCUT2D eigenvalue weighted by Gasteiger charge is -2.09. The molecule has 0 fully saturated rings. The third-order valence-electron chi connectivity index (χ3n) is 4.21. The minimum atomic E-state index is -0.263. The molecule has 3 aromatic rings. The molecule has 1 N–H and O–H groups in total. The molecule has 2 heterocycles. The van der Waals surface area contributed by atoms with E-state index in [2.05, 4.69) is 16.0 Å². The van der Waals surface area contributed by atoms with Gasteiger partial charge in [-0.25, -0.2) is 4.98 Å². The lowest BCUT2D eigenvalue weighted by Crippen LogP contribution is -2.10. The lowest BCUT2D eigenvalue weighted by atomic mass is 10.1. The maximum atomic E-state index is 12.5. The van der Waals surface area contributed by atoms with E-state index in [1.807, 2.05) is 19.9 Å². The number of aromatic amines is 1. The molecule has 2 aromatic heterocycles. The second-order valence-corrected chi connectivity index (χ2v) is 7.11. The van der Waals surface area contributed by atoms with Crippen LogP contribution in [-0.4, -0.2) is 23.7 Å². The number of ether oxygens (including phenoxy) is 2. The van der Waals surface area contributed by atoms with Gasteiger partial charge in [-0.15, -0.1) is 11.3 Å². The molecule has 0 bridgehead atoms. The normalized spacial score (nSPS) is 11.1. The van der Waals surface area contributed by atoms with Crippen LogP contribution in [0, 0.1) is 36.5 Å². The number of benzene rings is 1. The first kappa shape index (κ1) is 19.2. The van der Waals surface area contributed by atoms with Gasteiger partial charge >= 0.3 is 0 Å². The fraction of sp³-hybridized carbons (Fsp3) is 0.200. The molecule has 0 spiro atoms. The fourth-order valence-corrected chi connectivity index (χ4v) is 3.74. The van der Waals surface area contributed by atoms with Crippen LogP contribution >= 0.6 is 11.3 Å². The summed E-state index contributed by atoms with van der Waals surface area (Å²) in [7, 11) is 1.49. The molecule has 7 nitrogen and oxygen atoms in total. The van der Waals surface area contributed by atoms with E-state index in [0.717, 1.165) is 10.4 Å². The van der Waals surface area contributed by atoms with Crippen LogP contribution in [0.3, 0.4) is 0 Å². The largest absolute Gasteiger partial charge is 0.493 e. The Bertz CT molecular complexity index is 1230. The first-order valence-electron chi connectivity index (χ1n) is 8.28. The first-order valence-corrected chi connectivity index (χ1v) is 9.10. The van der Waals surface area contributed by atoms with E-state index in [4.69, 9.17) is 14.7 Å². The van der Waals surface area contributed by atoms with Gasteiger partial charge in [-0.2, -0.15) is 10.5 Å². The van der Waals surface area contributed by atoms with Crippen LogP contribution in [0.1, 0.15) is 21.8 Å².